The lowest BCUT2D eigenvalue weighted by Gasteiger charge is -2.24. The summed E-state index contributed by atoms with van der Waals surface area (Å²) in [4.78, 5) is 22.4. The molecular formula is C10H16F3NO4. The van der Waals surface area contributed by atoms with E-state index < -0.39 is 36.3 Å². The Morgan fingerprint density at radius 1 is 1.22 bits per heavy atom. The molecule has 0 aliphatic rings. The highest BCUT2D eigenvalue weighted by molar-refractivity contribution is 5.81. The zero-order chi connectivity index (χ0) is 14.6. The van der Waals surface area contributed by atoms with Crippen LogP contribution in [0.3, 0.4) is 0 Å². The Morgan fingerprint density at radius 3 is 2.06 bits per heavy atom. The van der Waals surface area contributed by atoms with E-state index in [-0.39, 0.29) is 0 Å². The number of methoxy groups -OCH3 is 1. The number of rotatable bonds is 3. The zero-order valence-corrected chi connectivity index (χ0v) is 10.6. The van der Waals surface area contributed by atoms with E-state index in [9.17, 15) is 22.8 Å². The SMILES string of the molecule is COC(=O)NC(CC(F)(F)F)C(=O)OC(C)(C)C. The van der Waals surface area contributed by atoms with Crippen molar-refractivity contribution in [2.45, 2.75) is 45.0 Å². The zero-order valence-electron chi connectivity index (χ0n) is 10.6. The van der Waals surface area contributed by atoms with E-state index in [1.54, 1.807) is 5.32 Å². The first-order valence-electron chi connectivity index (χ1n) is 5.08. The summed E-state index contributed by atoms with van der Waals surface area (Å²) < 4.78 is 45.7. The summed E-state index contributed by atoms with van der Waals surface area (Å²) in [5.74, 6) is -1.16. The minimum Gasteiger partial charge on any atom is -0.458 e. The Hall–Kier alpha value is -1.47. The van der Waals surface area contributed by atoms with Crippen LogP contribution in [0.1, 0.15) is 27.2 Å². The van der Waals surface area contributed by atoms with Crippen LogP contribution >= 0.6 is 0 Å². The fourth-order valence-corrected chi connectivity index (χ4v) is 0.999. The molecule has 0 saturated carbocycles. The normalized spacial score (nSPS) is 13.7. The Balaban J connectivity index is 4.75. The first kappa shape index (κ1) is 16.5. The quantitative estimate of drug-likeness (QED) is 0.797. The smallest absolute Gasteiger partial charge is 0.407 e. The van der Waals surface area contributed by atoms with Gasteiger partial charge in [-0.25, -0.2) is 9.59 Å². The van der Waals surface area contributed by atoms with Crippen molar-refractivity contribution in [3.05, 3.63) is 0 Å². The van der Waals surface area contributed by atoms with Gasteiger partial charge in [0.05, 0.1) is 13.5 Å². The molecule has 0 spiro atoms. The highest BCUT2D eigenvalue weighted by Crippen LogP contribution is 2.23. The highest BCUT2D eigenvalue weighted by Gasteiger charge is 2.38. The minimum absolute atomic E-state index is 0.946. The molecular weight excluding hydrogens is 255 g/mol. The van der Waals surface area contributed by atoms with Crippen LogP contribution in [0.2, 0.25) is 0 Å². The number of carbonyl (C=O) groups excluding carboxylic acids is 2. The van der Waals surface area contributed by atoms with Gasteiger partial charge in [0.25, 0.3) is 0 Å². The van der Waals surface area contributed by atoms with Crippen molar-refractivity contribution in [3.8, 4) is 0 Å². The highest BCUT2D eigenvalue weighted by atomic mass is 19.4. The number of carbonyl (C=O) groups is 2. The first-order valence-corrected chi connectivity index (χ1v) is 5.08. The topological polar surface area (TPSA) is 64.6 Å². The second-order valence-electron chi connectivity index (χ2n) is 4.54. The molecule has 0 bridgehead atoms. The molecule has 0 fully saturated rings. The van der Waals surface area contributed by atoms with Gasteiger partial charge >= 0.3 is 18.2 Å². The van der Waals surface area contributed by atoms with Gasteiger partial charge in [-0.2, -0.15) is 13.2 Å². The third kappa shape index (κ3) is 7.75. The Kier molecular flexibility index (Phi) is 5.44. The second kappa shape index (κ2) is 5.92. The van der Waals surface area contributed by atoms with Crippen molar-refractivity contribution < 1.29 is 32.2 Å². The summed E-state index contributed by atoms with van der Waals surface area (Å²) in [7, 11) is 0.981. The fraction of sp³-hybridized carbons (Fsp3) is 0.800. The summed E-state index contributed by atoms with van der Waals surface area (Å²) in [5.41, 5.74) is -0.946. The lowest BCUT2D eigenvalue weighted by atomic mass is 10.1. The molecule has 0 aliphatic heterocycles. The van der Waals surface area contributed by atoms with Gasteiger partial charge in [0.2, 0.25) is 0 Å². The molecule has 1 N–H and O–H groups in total. The summed E-state index contributed by atoms with van der Waals surface area (Å²) in [6, 6.07) is -1.82. The van der Waals surface area contributed by atoms with E-state index in [1.807, 2.05) is 0 Å². The van der Waals surface area contributed by atoms with E-state index in [4.69, 9.17) is 4.74 Å². The van der Waals surface area contributed by atoms with E-state index in [2.05, 4.69) is 4.74 Å². The van der Waals surface area contributed by atoms with Gasteiger partial charge in [-0.1, -0.05) is 0 Å². The second-order valence-corrected chi connectivity index (χ2v) is 4.54. The molecule has 1 amide bonds. The molecule has 0 aromatic heterocycles. The van der Waals surface area contributed by atoms with Crippen LogP contribution < -0.4 is 5.32 Å². The molecule has 1 atom stereocenters. The van der Waals surface area contributed by atoms with Crippen molar-refractivity contribution in [2.75, 3.05) is 7.11 Å². The summed E-state index contributed by atoms with van der Waals surface area (Å²) >= 11 is 0. The van der Waals surface area contributed by atoms with Gasteiger partial charge in [0.1, 0.15) is 11.6 Å². The van der Waals surface area contributed by atoms with E-state index >= 15 is 0 Å². The lowest BCUT2D eigenvalue weighted by Crippen LogP contribution is -2.46. The van der Waals surface area contributed by atoms with Gasteiger partial charge in [-0.05, 0) is 20.8 Å². The van der Waals surface area contributed by atoms with Crippen molar-refractivity contribution in [1.29, 1.82) is 0 Å². The minimum atomic E-state index is -4.61. The number of alkyl carbamates (subject to hydrolysis) is 1. The standard InChI is InChI=1S/C10H16F3NO4/c1-9(2,3)18-7(15)6(5-10(11,12)13)14-8(16)17-4/h6H,5H2,1-4H3,(H,14,16). The van der Waals surface area contributed by atoms with Crippen LogP contribution in [0.5, 0.6) is 0 Å². The number of halogens is 3. The Morgan fingerprint density at radius 2 is 1.72 bits per heavy atom. The Labute approximate surface area is 103 Å². The predicted octanol–water partition coefficient (Wildman–Crippen LogP) is 2.01. The summed E-state index contributed by atoms with van der Waals surface area (Å²) in [6.45, 7) is 4.52. The third-order valence-corrected chi connectivity index (χ3v) is 1.60. The average molecular weight is 271 g/mol. The van der Waals surface area contributed by atoms with Gasteiger partial charge in [0.15, 0.2) is 0 Å². The molecule has 0 rings (SSSR count). The molecule has 0 aliphatic carbocycles. The van der Waals surface area contributed by atoms with Crippen LogP contribution in [0.4, 0.5) is 18.0 Å². The van der Waals surface area contributed by atoms with E-state index in [1.165, 1.54) is 20.8 Å². The fourth-order valence-electron chi connectivity index (χ4n) is 0.999. The van der Waals surface area contributed by atoms with E-state index in [0.717, 1.165) is 7.11 Å². The number of hydrogen-bond donors (Lipinski definition) is 1. The van der Waals surface area contributed by atoms with Crippen LogP contribution in [-0.4, -0.2) is 37.0 Å². The number of amides is 1. The van der Waals surface area contributed by atoms with E-state index in [0.29, 0.717) is 0 Å². The molecule has 0 radical (unpaired) electrons. The van der Waals surface area contributed by atoms with Crippen LogP contribution in [0, 0.1) is 0 Å². The van der Waals surface area contributed by atoms with Crippen LogP contribution in [0.25, 0.3) is 0 Å². The predicted molar refractivity (Wildman–Crippen MR) is 55.8 cm³/mol. The van der Waals surface area contributed by atoms with Gasteiger partial charge < -0.3 is 14.8 Å². The monoisotopic (exact) mass is 271 g/mol. The average Bonchev–Trinajstić information content (AvgIpc) is 2.11. The van der Waals surface area contributed by atoms with Crippen molar-refractivity contribution in [3.63, 3.8) is 0 Å². The molecule has 5 nitrogen and oxygen atoms in total. The molecule has 0 saturated heterocycles. The maximum Gasteiger partial charge on any atom is 0.407 e. The molecule has 0 aromatic rings. The van der Waals surface area contributed by atoms with Gasteiger partial charge in [0, 0.05) is 0 Å². The molecule has 18 heavy (non-hydrogen) atoms. The Bertz CT molecular complexity index is 309. The lowest BCUT2D eigenvalue weighted by molar-refractivity contribution is -0.170. The number of ether oxygens (including phenoxy) is 2. The molecule has 0 heterocycles. The molecule has 1 unspecified atom stereocenters. The van der Waals surface area contributed by atoms with Gasteiger partial charge in [-0.15, -0.1) is 0 Å². The van der Waals surface area contributed by atoms with Crippen molar-refractivity contribution in [2.24, 2.45) is 0 Å². The molecule has 0 aromatic carbocycles. The molecule has 8 heteroatoms. The third-order valence-electron chi connectivity index (χ3n) is 1.60. The van der Waals surface area contributed by atoms with Crippen LogP contribution in [0.15, 0.2) is 0 Å². The number of nitrogens with one attached hydrogen (secondary N) is 1. The first-order chi connectivity index (χ1) is 7.94. The largest absolute Gasteiger partial charge is 0.458 e. The van der Waals surface area contributed by atoms with Crippen LogP contribution in [-0.2, 0) is 14.3 Å². The number of esters is 1. The maximum atomic E-state index is 12.3. The van der Waals surface area contributed by atoms with Crippen molar-refractivity contribution in [1.82, 2.24) is 5.32 Å². The summed E-state index contributed by atoms with van der Waals surface area (Å²) in [6.07, 6.45) is -7.25. The summed E-state index contributed by atoms with van der Waals surface area (Å²) in [5, 5.41) is 1.79. The van der Waals surface area contributed by atoms with Crippen molar-refractivity contribution >= 4 is 12.1 Å². The number of hydrogen-bond acceptors (Lipinski definition) is 4. The molecule has 106 valence electrons. The number of alkyl halides is 3. The maximum absolute atomic E-state index is 12.3. The van der Waals surface area contributed by atoms with Gasteiger partial charge in [-0.3, -0.25) is 0 Å².